The minimum atomic E-state index is 0.372. The molecule has 0 aliphatic rings. The molecule has 2 heterocycles. The van der Waals surface area contributed by atoms with Crippen LogP contribution in [0.4, 0.5) is 0 Å². The van der Waals surface area contributed by atoms with Gasteiger partial charge < -0.3 is 5.32 Å². The topological polar surface area (TPSA) is 72.7 Å². The molecule has 0 aliphatic carbocycles. The van der Waals surface area contributed by atoms with E-state index in [9.17, 15) is 4.79 Å². The fourth-order valence-electron chi connectivity index (χ4n) is 1.07. The number of carbonyl (C=O) groups is 1. The molecule has 0 aromatic carbocycles. The molecule has 0 unspecified atom stereocenters. The zero-order chi connectivity index (χ0) is 9.10. The first kappa shape index (κ1) is 7.66. The van der Waals surface area contributed by atoms with Crippen LogP contribution in [0.3, 0.4) is 0 Å². The van der Waals surface area contributed by atoms with Gasteiger partial charge in [0.1, 0.15) is 11.8 Å². The van der Waals surface area contributed by atoms with E-state index >= 15 is 0 Å². The highest BCUT2D eigenvalue weighted by atomic mass is 16.1. The molecular weight excluding hydrogens is 170 g/mol. The van der Waals surface area contributed by atoms with Gasteiger partial charge in [-0.1, -0.05) is 0 Å². The molecule has 0 saturated heterocycles. The number of amides is 1. The molecule has 1 amide bonds. The minimum absolute atomic E-state index is 0.372. The lowest BCUT2D eigenvalue weighted by molar-refractivity contribution is -0.109. The SMILES string of the molecule is O=CNCn1cnc2cncnc21. The quantitative estimate of drug-likeness (QED) is 0.643. The molecule has 6 nitrogen and oxygen atoms in total. The molecular formula is C7H7N5O. The predicted molar refractivity (Wildman–Crippen MR) is 44.5 cm³/mol. The van der Waals surface area contributed by atoms with Crippen LogP contribution in [0, 0.1) is 0 Å². The highest BCUT2D eigenvalue weighted by Crippen LogP contribution is 2.05. The van der Waals surface area contributed by atoms with Crippen molar-refractivity contribution in [2.45, 2.75) is 6.67 Å². The van der Waals surface area contributed by atoms with Gasteiger partial charge in [0.05, 0.1) is 19.2 Å². The molecule has 0 bridgehead atoms. The van der Waals surface area contributed by atoms with Gasteiger partial charge in [0, 0.05) is 0 Å². The summed E-state index contributed by atoms with van der Waals surface area (Å²) >= 11 is 0. The van der Waals surface area contributed by atoms with Gasteiger partial charge in [-0.25, -0.2) is 15.0 Å². The zero-order valence-corrected chi connectivity index (χ0v) is 6.71. The second-order valence-corrected chi connectivity index (χ2v) is 2.43. The van der Waals surface area contributed by atoms with E-state index < -0.39 is 0 Å². The molecule has 2 aromatic heterocycles. The minimum Gasteiger partial charge on any atom is -0.341 e. The second-order valence-electron chi connectivity index (χ2n) is 2.43. The summed E-state index contributed by atoms with van der Waals surface area (Å²) in [6, 6.07) is 0. The Labute approximate surface area is 73.6 Å². The molecule has 0 fully saturated rings. The van der Waals surface area contributed by atoms with Gasteiger partial charge in [0.15, 0.2) is 5.65 Å². The first-order chi connectivity index (χ1) is 6.42. The Morgan fingerprint density at radius 3 is 3.31 bits per heavy atom. The number of carbonyl (C=O) groups excluding carboxylic acids is 1. The molecule has 1 N–H and O–H groups in total. The molecule has 0 atom stereocenters. The Morgan fingerprint density at radius 2 is 2.46 bits per heavy atom. The van der Waals surface area contributed by atoms with Crippen LogP contribution in [-0.2, 0) is 11.5 Å². The average molecular weight is 177 g/mol. The summed E-state index contributed by atoms with van der Waals surface area (Å²) in [4.78, 5) is 22.0. The standard InChI is InChI=1S/C7H7N5O/c13-5-9-3-12-4-11-6-1-8-2-10-7(6)12/h1-2,4-5H,3H2,(H,9,13). The Hall–Kier alpha value is -1.98. The van der Waals surface area contributed by atoms with Crippen LogP contribution < -0.4 is 5.32 Å². The molecule has 0 aliphatic heterocycles. The highest BCUT2D eigenvalue weighted by molar-refractivity contribution is 5.68. The Kier molecular flexibility index (Phi) is 1.87. The van der Waals surface area contributed by atoms with Crippen molar-refractivity contribution < 1.29 is 4.79 Å². The summed E-state index contributed by atoms with van der Waals surface area (Å²) in [5, 5.41) is 2.52. The second kappa shape index (κ2) is 3.18. The summed E-state index contributed by atoms with van der Waals surface area (Å²) in [6.45, 7) is 0.372. The summed E-state index contributed by atoms with van der Waals surface area (Å²) in [6.07, 6.45) is 5.31. The van der Waals surface area contributed by atoms with Crippen molar-refractivity contribution in [2.24, 2.45) is 0 Å². The van der Waals surface area contributed by atoms with E-state index in [2.05, 4.69) is 20.3 Å². The molecule has 2 aromatic rings. The smallest absolute Gasteiger partial charge is 0.208 e. The lowest BCUT2D eigenvalue weighted by atomic mass is 10.6. The van der Waals surface area contributed by atoms with Gasteiger partial charge in [0.2, 0.25) is 6.41 Å². The maximum absolute atomic E-state index is 10.1. The highest BCUT2D eigenvalue weighted by Gasteiger charge is 2.01. The summed E-state index contributed by atoms with van der Waals surface area (Å²) in [5.41, 5.74) is 1.43. The number of nitrogens with zero attached hydrogens (tertiary/aromatic N) is 4. The number of fused-ring (bicyclic) bond motifs is 1. The van der Waals surface area contributed by atoms with E-state index in [1.165, 1.54) is 6.33 Å². The molecule has 0 spiro atoms. The zero-order valence-electron chi connectivity index (χ0n) is 6.71. The van der Waals surface area contributed by atoms with E-state index in [4.69, 9.17) is 0 Å². The first-order valence-electron chi connectivity index (χ1n) is 3.69. The van der Waals surface area contributed by atoms with Gasteiger partial charge in [-0.3, -0.25) is 9.36 Å². The average Bonchev–Trinajstić information content (AvgIpc) is 2.58. The molecule has 66 valence electrons. The Bertz CT molecular complexity index is 423. The van der Waals surface area contributed by atoms with Crippen molar-refractivity contribution in [3.8, 4) is 0 Å². The van der Waals surface area contributed by atoms with Crippen molar-refractivity contribution in [1.29, 1.82) is 0 Å². The van der Waals surface area contributed by atoms with Gasteiger partial charge >= 0.3 is 0 Å². The van der Waals surface area contributed by atoms with E-state index in [0.717, 1.165) is 5.52 Å². The van der Waals surface area contributed by atoms with E-state index in [-0.39, 0.29) is 0 Å². The number of rotatable bonds is 3. The van der Waals surface area contributed by atoms with Crippen molar-refractivity contribution in [3.05, 3.63) is 18.9 Å². The Morgan fingerprint density at radius 1 is 1.54 bits per heavy atom. The van der Waals surface area contributed by atoms with E-state index in [1.54, 1.807) is 17.1 Å². The fraction of sp³-hybridized carbons (Fsp3) is 0.143. The number of hydrogen-bond acceptors (Lipinski definition) is 4. The fourth-order valence-corrected chi connectivity index (χ4v) is 1.07. The normalized spacial score (nSPS) is 10.2. The number of imidazole rings is 1. The summed E-state index contributed by atoms with van der Waals surface area (Å²) in [5.74, 6) is 0. The van der Waals surface area contributed by atoms with Gasteiger partial charge in [-0.05, 0) is 0 Å². The summed E-state index contributed by atoms with van der Waals surface area (Å²) in [7, 11) is 0. The van der Waals surface area contributed by atoms with E-state index in [1.807, 2.05) is 0 Å². The van der Waals surface area contributed by atoms with Crippen molar-refractivity contribution in [2.75, 3.05) is 0 Å². The maximum Gasteiger partial charge on any atom is 0.208 e. The third-order valence-electron chi connectivity index (χ3n) is 1.63. The lowest BCUT2D eigenvalue weighted by Crippen LogP contribution is -2.15. The van der Waals surface area contributed by atoms with Crippen LogP contribution in [0.2, 0.25) is 0 Å². The summed E-state index contributed by atoms with van der Waals surface area (Å²) < 4.78 is 1.73. The predicted octanol–water partition coefficient (Wildman–Crippen LogP) is -0.470. The van der Waals surface area contributed by atoms with Crippen LogP contribution in [0.5, 0.6) is 0 Å². The number of hydrogen-bond donors (Lipinski definition) is 1. The van der Waals surface area contributed by atoms with Gasteiger partial charge in [0.25, 0.3) is 0 Å². The van der Waals surface area contributed by atoms with Crippen LogP contribution in [0.15, 0.2) is 18.9 Å². The van der Waals surface area contributed by atoms with Gasteiger partial charge in [-0.15, -0.1) is 0 Å². The third kappa shape index (κ3) is 1.33. The largest absolute Gasteiger partial charge is 0.341 e. The molecule has 0 saturated carbocycles. The van der Waals surface area contributed by atoms with Crippen LogP contribution in [-0.4, -0.2) is 25.9 Å². The molecule has 13 heavy (non-hydrogen) atoms. The molecule has 6 heteroatoms. The molecule has 0 radical (unpaired) electrons. The van der Waals surface area contributed by atoms with Crippen molar-refractivity contribution >= 4 is 17.6 Å². The Balaban J connectivity index is 2.40. The molecule has 2 rings (SSSR count). The van der Waals surface area contributed by atoms with E-state index in [0.29, 0.717) is 18.7 Å². The number of nitrogens with one attached hydrogen (secondary N) is 1. The van der Waals surface area contributed by atoms with Crippen LogP contribution in [0.1, 0.15) is 0 Å². The van der Waals surface area contributed by atoms with Crippen molar-refractivity contribution in [1.82, 2.24) is 24.8 Å². The van der Waals surface area contributed by atoms with Crippen LogP contribution >= 0.6 is 0 Å². The number of aromatic nitrogens is 4. The maximum atomic E-state index is 10.1. The third-order valence-corrected chi connectivity index (χ3v) is 1.63. The lowest BCUT2D eigenvalue weighted by Gasteiger charge is -1.99. The van der Waals surface area contributed by atoms with Crippen LogP contribution in [0.25, 0.3) is 11.2 Å². The monoisotopic (exact) mass is 177 g/mol. The first-order valence-corrected chi connectivity index (χ1v) is 3.69. The van der Waals surface area contributed by atoms with Crippen molar-refractivity contribution in [3.63, 3.8) is 0 Å². The van der Waals surface area contributed by atoms with Gasteiger partial charge in [-0.2, -0.15) is 0 Å².